The fraction of sp³-hybridized carbons (Fsp3) is 0.154. The first-order valence-electron chi connectivity index (χ1n) is 6.16. The Hall–Kier alpha value is -2.35. The fourth-order valence-corrected chi connectivity index (χ4v) is 2.24. The lowest BCUT2D eigenvalue weighted by Gasteiger charge is -2.14. The second-order valence-electron chi connectivity index (χ2n) is 4.60. The van der Waals surface area contributed by atoms with Crippen LogP contribution in [0.4, 0.5) is 19.0 Å². The predicted octanol–water partition coefficient (Wildman–Crippen LogP) is 2.97. The molecule has 22 heavy (non-hydrogen) atoms. The van der Waals surface area contributed by atoms with Crippen LogP contribution in [0.15, 0.2) is 30.6 Å². The lowest BCUT2D eigenvalue weighted by molar-refractivity contribution is -0.141. The lowest BCUT2D eigenvalue weighted by atomic mass is 10.0. The van der Waals surface area contributed by atoms with E-state index in [2.05, 4.69) is 15.1 Å². The number of nitrogens with zero attached hydrogens (tertiary/aromatic N) is 4. The lowest BCUT2D eigenvalue weighted by Crippen LogP contribution is -2.17. The number of fused-ring (bicyclic) bond motifs is 1. The van der Waals surface area contributed by atoms with E-state index in [9.17, 15) is 13.2 Å². The summed E-state index contributed by atoms with van der Waals surface area (Å²) in [6.45, 7) is 0. The van der Waals surface area contributed by atoms with Crippen LogP contribution in [0.1, 0.15) is 16.8 Å². The molecule has 0 aliphatic rings. The molecule has 0 atom stereocenters. The molecule has 2 aromatic heterocycles. The summed E-state index contributed by atoms with van der Waals surface area (Å²) < 4.78 is 40.8. The van der Waals surface area contributed by atoms with Gasteiger partial charge in [-0.15, -0.1) is 0 Å². The maximum absolute atomic E-state index is 13.2. The summed E-state index contributed by atoms with van der Waals surface area (Å²) in [4.78, 5) is 7.20. The van der Waals surface area contributed by atoms with E-state index in [1.807, 2.05) is 0 Å². The number of alkyl halides is 3. The molecule has 0 spiro atoms. The largest absolute Gasteiger partial charge is 0.433 e. The van der Waals surface area contributed by atoms with Crippen LogP contribution in [0.25, 0.3) is 5.78 Å². The Bertz CT molecular complexity index is 826. The number of benzene rings is 1. The van der Waals surface area contributed by atoms with Crippen molar-refractivity contribution in [2.24, 2.45) is 0 Å². The van der Waals surface area contributed by atoms with Gasteiger partial charge in [0, 0.05) is 17.0 Å². The minimum absolute atomic E-state index is 0.0410. The maximum atomic E-state index is 13.2. The first-order chi connectivity index (χ1) is 10.4. The highest BCUT2D eigenvalue weighted by Crippen LogP contribution is 2.34. The van der Waals surface area contributed by atoms with Crippen molar-refractivity contribution in [1.82, 2.24) is 19.6 Å². The first-order valence-corrected chi connectivity index (χ1v) is 6.54. The van der Waals surface area contributed by atoms with Crippen LogP contribution < -0.4 is 5.73 Å². The minimum atomic E-state index is -4.64. The molecule has 0 fully saturated rings. The summed E-state index contributed by atoms with van der Waals surface area (Å²) in [5.41, 5.74) is 5.26. The molecule has 0 saturated carbocycles. The number of nitrogens with two attached hydrogens (primary N) is 1. The minimum Gasteiger partial charge on any atom is -0.383 e. The number of hydrogen-bond acceptors (Lipinski definition) is 4. The quantitative estimate of drug-likeness (QED) is 0.785. The number of anilines is 1. The monoisotopic (exact) mass is 327 g/mol. The number of hydrogen-bond donors (Lipinski definition) is 1. The third-order valence-corrected chi connectivity index (χ3v) is 3.38. The molecule has 1 aromatic carbocycles. The van der Waals surface area contributed by atoms with Gasteiger partial charge in [-0.05, 0) is 17.7 Å². The van der Waals surface area contributed by atoms with Crippen molar-refractivity contribution in [2.75, 3.05) is 5.73 Å². The Morgan fingerprint density at radius 1 is 1.18 bits per heavy atom. The molecule has 3 rings (SSSR count). The van der Waals surface area contributed by atoms with Gasteiger partial charge in [-0.2, -0.15) is 27.8 Å². The smallest absolute Gasteiger partial charge is 0.383 e. The zero-order chi connectivity index (χ0) is 15.9. The maximum Gasteiger partial charge on any atom is 0.433 e. The predicted molar refractivity (Wildman–Crippen MR) is 74.5 cm³/mol. The zero-order valence-corrected chi connectivity index (χ0v) is 11.7. The van der Waals surface area contributed by atoms with E-state index in [1.165, 1.54) is 0 Å². The Balaban J connectivity index is 2.17. The molecule has 9 heteroatoms. The molecular weight excluding hydrogens is 319 g/mol. The van der Waals surface area contributed by atoms with Crippen molar-refractivity contribution >= 4 is 23.2 Å². The van der Waals surface area contributed by atoms with Gasteiger partial charge in [-0.25, -0.2) is 4.98 Å². The SMILES string of the molecule is Nc1c(Cc2ccc(Cl)cc2)c(C(F)(F)F)nc2ncnn12. The standard InChI is InChI=1S/C13H9ClF3N5/c14-8-3-1-7(2-4-8)5-9-10(13(15,16)17)21-12-19-6-20-22(12)11(9)18/h1-4,6H,5,18H2. The normalized spacial score (nSPS) is 12.0. The van der Waals surface area contributed by atoms with Crippen LogP contribution in [-0.4, -0.2) is 19.6 Å². The molecule has 114 valence electrons. The molecular formula is C13H9ClF3N5. The highest BCUT2D eigenvalue weighted by atomic mass is 35.5. The third kappa shape index (κ3) is 2.57. The van der Waals surface area contributed by atoms with E-state index in [-0.39, 0.29) is 23.6 Å². The number of aromatic nitrogens is 4. The third-order valence-electron chi connectivity index (χ3n) is 3.13. The van der Waals surface area contributed by atoms with Gasteiger partial charge in [0.2, 0.25) is 0 Å². The highest BCUT2D eigenvalue weighted by molar-refractivity contribution is 6.30. The van der Waals surface area contributed by atoms with E-state index in [1.54, 1.807) is 24.3 Å². The van der Waals surface area contributed by atoms with E-state index in [0.717, 1.165) is 10.8 Å². The van der Waals surface area contributed by atoms with Crippen molar-refractivity contribution in [2.45, 2.75) is 12.6 Å². The fourth-order valence-electron chi connectivity index (χ4n) is 2.11. The molecule has 3 aromatic rings. The molecule has 5 nitrogen and oxygen atoms in total. The van der Waals surface area contributed by atoms with E-state index in [0.29, 0.717) is 10.6 Å². The second kappa shape index (κ2) is 5.13. The Morgan fingerprint density at radius 3 is 2.50 bits per heavy atom. The highest BCUT2D eigenvalue weighted by Gasteiger charge is 2.37. The Kier molecular flexibility index (Phi) is 3.40. The van der Waals surface area contributed by atoms with Gasteiger partial charge < -0.3 is 5.73 Å². The summed E-state index contributed by atoms with van der Waals surface area (Å²) in [5, 5.41) is 4.29. The first kappa shape index (κ1) is 14.6. The van der Waals surface area contributed by atoms with E-state index >= 15 is 0 Å². The van der Waals surface area contributed by atoms with Gasteiger partial charge in [0.25, 0.3) is 5.78 Å². The van der Waals surface area contributed by atoms with Gasteiger partial charge in [0.1, 0.15) is 12.1 Å². The van der Waals surface area contributed by atoms with Gasteiger partial charge in [-0.1, -0.05) is 23.7 Å². The molecule has 0 radical (unpaired) electrons. The van der Waals surface area contributed by atoms with Gasteiger partial charge in [0.05, 0.1) is 0 Å². The summed E-state index contributed by atoms with van der Waals surface area (Å²) >= 11 is 5.77. The van der Waals surface area contributed by atoms with Gasteiger partial charge in [-0.3, -0.25) is 0 Å². The second-order valence-corrected chi connectivity index (χ2v) is 5.03. The number of nitrogen functional groups attached to an aromatic ring is 1. The van der Waals surface area contributed by atoms with Crippen LogP contribution in [0.5, 0.6) is 0 Å². The summed E-state index contributed by atoms with van der Waals surface area (Å²) in [5.74, 6) is -0.325. The Labute approximate surface area is 127 Å². The van der Waals surface area contributed by atoms with Gasteiger partial charge >= 0.3 is 6.18 Å². The average Bonchev–Trinajstić information content (AvgIpc) is 2.91. The van der Waals surface area contributed by atoms with Crippen molar-refractivity contribution in [1.29, 1.82) is 0 Å². The van der Waals surface area contributed by atoms with Crippen LogP contribution >= 0.6 is 11.6 Å². The molecule has 0 amide bonds. The van der Waals surface area contributed by atoms with Crippen molar-refractivity contribution in [3.8, 4) is 0 Å². The molecule has 2 heterocycles. The van der Waals surface area contributed by atoms with Gasteiger partial charge in [0.15, 0.2) is 5.69 Å². The van der Waals surface area contributed by atoms with Crippen molar-refractivity contribution in [3.05, 3.63) is 52.4 Å². The molecule has 0 bridgehead atoms. The summed E-state index contributed by atoms with van der Waals surface area (Å²) in [6, 6.07) is 6.46. The van der Waals surface area contributed by atoms with Crippen LogP contribution in [0.2, 0.25) is 5.02 Å². The topological polar surface area (TPSA) is 69.1 Å². The van der Waals surface area contributed by atoms with Crippen molar-refractivity contribution < 1.29 is 13.2 Å². The summed E-state index contributed by atoms with van der Waals surface area (Å²) in [6.07, 6.45) is -3.57. The van der Waals surface area contributed by atoms with E-state index in [4.69, 9.17) is 17.3 Å². The zero-order valence-electron chi connectivity index (χ0n) is 11.0. The molecule has 0 saturated heterocycles. The number of rotatable bonds is 2. The number of halogens is 4. The molecule has 0 aliphatic carbocycles. The summed E-state index contributed by atoms with van der Waals surface area (Å²) in [7, 11) is 0. The van der Waals surface area contributed by atoms with E-state index < -0.39 is 11.9 Å². The molecule has 0 unspecified atom stereocenters. The molecule has 0 aliphatic heterocycles. The average molecular weight is 328 g/mol. The van der Waals surface area contributed by atoms with Crippen LogP contribution in [0, 0.1) is 0 Å². The van der Waals surface area contributed by atoms with Crippen LogP contribution in [0.3, 0.4) is 0 Å². The Morgan fingerprint density at radius 2 is 1.86 bits per heavy atom. The van der Waals surface area contributed by atoms with Crippen molar-refractivity contribution in [3.63, 3.8) is 0 Å². The molecule has 2 N–H and O–H groups in total. The van der Waals surface area contributed by atoms with Crippen LogP contribution in [-0.2, 0) is 12.6 Å².